The molecular formula is C16H19BrN2. The van der Waals surface area contributed by atoms with Crippen LogP contribution >= 0.6 is 15.9 Å². The Balaban J connectivity index is 2.07. The molecule has 0 radical (unpaired) electrons. The zero-order valence-corrected chi connectivity index (χ0v) is 12.9. The first-order valence-electron chi connectivity index (χ1n) is 6.37. The van der Waals surface area contributed by atoms with Crippen molar-refractivity contribution in [3.05, 3.63) is 64.1 Å². The quantitative estimate of drug-likeness (QED) is 0.919. The van der Waals surface area contributed by atoms with Gasteiger partial charge in [0.2, 0.25) is 0 Å². The first kappa shape index (κ1) is 14.1. The summed E-state index contributed by atoms with van der Waals surface area (Å²) in [5.41, 5.74) is 9.52. The molecule has 0 saturated heterocycles. The Morgan fingerprint density at radius 3 is 2.16 bits per heavy atom. The third-order valence-electron chi connectivity index (χ3n) is 3.19. The van der Waals surface area contributed by atoms with Crippen LogP contribution in [-0.2, 0) is 6.54 Å². The maximum absolute atomic E-state index is 5.86. The van der Waals surface area contributed by atoms with Gasteiger partial charge in [0.1, 0.15) is 0 Å². The SMILES string of the molecule is CC(N)c1ccc(N(C)Cc2ccc(Br)cc2)cc1. The van der Waals surface area contributed by atoms with Crippen molar-refractivity contribution in [2.45, 2.75) is 19.5 Å². The van der Waals surface area contributed by atoms with Gasteiger partial charge in [-0.2, -0.15) is 0 Å². The second kappa shape index (κ2) is 6.22. The van der Waals surface area contributed by atoms with Crippen LogP contribution in [-0.4, -0.2) is 7.05 Å². The molecular weight excluding hydrogens is 300 g/mol. The summed E-state index contributed by atoms with van der Waals surface area (Å²) in [6, 6.07) is 16.9. The summed E-state index contributed by atoms with van der Waals surface area (Å²) >= 11 is 3.45. The fourth-order valence-electron chi connectivity index (χ4n) is 1.99. The average Bonchev–Trinajstić information content (AvgIpc) is 2.41. The summed E-state index contributed by atoms with van der Waals surface area (Å²) in [4.78, 5) is 2.23. The van der Waals surface area contributed by atoms with Gasteiger partial charge in [-0.1, -0.05) is 40.2 Å². The normalized spacial score (nSPS) is 12.2. The summed E-state index contributed by atoms with van der Waals surface area (Å²) in [6.07, 6.45) is 0. The highest BCUT2D eigenvalue weighted by molar-refractivity contribution is 9.10. The van der Waals surface area contributed by atoms with Gasteiger partial charge in [0, 0.05) is 29.8 Å². The third kappa shape index (κ3) is 3.82. The maximum Gasteiger partial charge on any atom is 0.0426 e. The molecule has 2 rings (SSSR count). The lowest BCUT2D eigenvalue weighted by molar-refractivity contribution is 0.817. The van der Waals surface area contributed by atoms with E-state index in [1.54, 1.807) is 0 Å². The fourth-order valence-corrected chi connectivity index (χ4v) is 2.25. The van der Waals surface area contributed by atoms with Crippen LogP contribution in [0.2, 0.25) is 0 Å². The molecule has 100 valence electrons. The molecule has 1 unspecified atom stereocenters. The average molecular weight is 319 g/mol. The Morgan fingerprint density at radius 2 is 1.63 bits per heavy atom. The number of hydrogen-bond donors (Lipinski definition) is 1. The van der Waals surface area contributed by atoms with E-state index in [4.69, 9.17) is 5.73 Å². The van der Waals surface area contributed by atoms with Crippen LogP contribution < -0.4 is 10.6 Å². The van der Waals surface area contributed by atoms with E-state index in [1.165, 1.54) is 16.8 Å². The monoisotopic (exact) mass is 318 g/mol. The number of rotatable bonds is 4. The van der Waals surface area contributed by atoms with Crippen molar-refractivity contribution in [3.8, 4) is 0 Å². The van der Waals surface area contributed by atoms with Crippen molar-refractivity contribution in [3.63, 3.8) is 0 Å². The lowest BCUT2D eigenvalue weighted by Gasteiger charge is -2.20. The maximum atomic E-state index is 5.86. The summed E-state index contributed by atoms with van der Waals surface area (Å²) in [6.45, 7) is 2.89. The third-order valence-corrected chi connectivity index (χ3v) is 3.72. The molecule has 0 aromatic heterocycles. The highest BCUT2D eigenvalue weighted by atomic mass is 79.9. The van der Waals surface area contributed by atoms with E-state index in [0.717, 1.165) is 11.0 Å². The van der Waals surface area contributed by atoms with Gasteiger partial charge in [-0.05, 0) is 42.3 Å². The predicted molar refractivity (Wildman–Crippen MR) is 85.3 cm³/mol. The van der Waals surface area contributed by atoms with Gasteiger partial charge in [0.05, 0.1) is 0 Å². The summed E-state index contributed by atoms with van der Waals surface area (Å²) in [5.74, 6) is 0. The van der Waals surface area contributed by atoms with E-state index in [2.05, 4.69) is 76.4 Å². The second-order valence-electron chi connectivity index (χ2n) is 4.86. The first-order valence-corrected chi connectivity index (χ1v) is 7.16. The van der Waals surface area contributed by atoms with Crippen molar-refractivity contribution < 1.29 is 0 Å². The predicted octanol–water partition coefficient (Wildman–Crippen LogP) is 4.11. The summed E-state index contributed by atoms with van der Waals surface area (Å²) in [5, 5.41) is 0. The number of halogens is 1. The largest absolute Gasteiger partial charge is 0.370 e. The molecule has 0 aliphatic heterocycles. The first-order chi connectivity index (χ1) is 9.06. The van der Waals surface area contributed by atoms with Crippen LogP contribution in [0.4, 0.5) is 5.69 Å². The van der Waals surface area contributed by atoms with Crippen molar-refractivity contribution in [2.24, 2.45) is 5.73 Å². The molecule has 0 fully saturated rings. The fraction of sp³-hybridized carbons (Fsp3) is 0.250. The molecule has 3 heteroatoms. The Labute approximate surface area is 123 Å². The molecule has 0 spiro atoms. The van der Waals surface area contributed by atoms with Gasteiger partial charge in [0.15, 0.2) is 0 Å². The Kier molecular flexibility index (Phi) is 4.61. The standard InChI is InChI=1S/C16H19BrN2/c1-12(18)14-5-9-16(10-6-14)19(2)11-13-3-7-15(17)8-4-13/h3-10,12H,11,18H2,1-2H3. The molecule has 19 heavy (non-hydrogen) atoms. The van der Waals surface area contributed by atoms with E-state index in [0.29, 0.717) is 0 Å². The molecule has 0 aliphatic carbocycles. The number of nitrogens with zero attached hydrogens (tertiary/aromatic N) is 1. The van der Waals surface area contributed by atoms with Crippen molar-refractivity contribution in [1.29, 1.82) is 0 Å². The van der Waals surface area contributed by atoms with E-state index in [-0.39, 0.29) is 6.04 Å². The van der Waals surface area contributed by atoms with E-state index >= 15 is 0 Å². The summed E-state index contributed by atoms with van der Waals surface area (Å²) in [7, 11) is 2.10. The lowest BCUT2D eigenvalue weighted by Crippen LogP contribution is -2.16. The number of anilines is 1. The molecule has 2 aromatic carbocycles. The number of benzene rings is 2. The second-order valence-corrected chi connectivity index (χ2v) is 5.78. The Bertz CT molecular complexity index is 517. The minimum Gasteiger partial charge on any atom is -0.370 e. The molecule has 0 saturated carbocycles. The van der Waals surface area contributed by atoms with Crippen molar-refractivity contribution in [2.75, 3.05) is 11.9 Å². The van der Waals surface area contributed by atoms with Crippen LogP contribution in [0.15, 0.2) is 53.0 Å². The van der Waals surface area contributed by atoms with Crippen LogP contribution in [0.5, 0.6) is 0 Å². The van der Waals surface area contributed by atoms with Gasteiger partial charge in [-0.3, -0.25) is 0 Å². The Morgan fingerprint density at radius 1 is 1.05 bits per heavy atom. The van der Waals surface area contributed by atoms with Gasteiger partial charge in [-0.15, -0.1) is 0 Å². The zero-order valence-electron chi connectivity index (χ0n) is 11.3. The molecule has 0 heterocycles. The topological polar surface area (TPSA) is 29.3 Å². The molecule has 0 amide bonds. The van der Waals surface area contributed by atoms with Crippen LogP contribution in [0.25, 0.3) is 0 Å². The van der Waals surface area contributed by atoms with E-state index in [9.17, 15) is 0 Å². The van der Waals surface area contributed by atoms with Gasteiger partial charge in [-0.25, -0.2) is 0 Å². The molecule has 0 aliphatic rings. The molecule has 2 N–H and O–H groups in total. The molecule has 1 atom stereocenters. The molecule has 2 aromatic rings. The van der Waals surface area contributed by atoms with E-state index in [1.807, 2.05) is 6.92 Å². The smallest absolute Gasteiger partial charge is 0.0426 e. The highest BCUT2D eigenvalue weighted by Gasteiger charge is 2.04. The van der Waals surface area contributed by atoms with Gasteiger partial charge >= 0.3 is 0 Å². The van der Waals surface area contributed by atoms with Crippen molar-refractivity contribution >= 4 is 21.6 Å². The Hall–Kier alpha value is -1.32. The highest BCUT2D eigenvalue weighted by Crippen LogP contribution is 2.19. The zero-order chi connectivity index (χ0) is 13.8. The number of hydrogen-bond acceptors (Lipinski definition) is 2. The minimum absolute atomic E-state index is 0.0887. The summed E-state index contributed by atoms with van der Waals surface area (Å²) < 4.78 is 1.11. The number of nitrogens with two attached hydrogens (primary N) is 1. The van der Waals surface area contributed by atoms with Gasteiger partial charge in [0.25, 0.3) is 0 Å². The van der Waals surface area contributed by atoms with E-state index < -0.39 is 0 Å². The van der Waals surface area contributed by atoms with Crippen molar-refractivity contribution in [1.82, 2.24) is 0 Å². The molecule has 2 nitrogen and oxygen atoms in total. The van der Waals surface area contributed by atoms with Crippen LogP contribution in [0.1, 0.15) is 24.1 Å². The lowest BCUT2D eigenvalue weighted by atomic mass is 10.1. The van der Waals surface area contributed by atoms with Crippen LogP contribution in [0, 0.1) is 0 Å². The van der Waals surface area contributed by atoms with Gasteiger partial charge < -0.3 is 10.6 Å². The van der Waals surface area contributed by atoms with Crippen LogP contribution in [0.3, 0.4) is 0 Å². The molecule has 0 bridgehead atoms. The minimum atomic E-state index is 0.0887.